The van der Waals surface area contributed by atoms with Crippen molar-refractivity contribution in [1.82, 2.24) is 9.88 Å². The van der Waals surface area contributed by atoms with Crippen LogP contribution in [0.15, 0.2) is 65.6 Å². The molecule has 1 heterocycles. The quantitative estimate of drug-likeness (QED) is 0.400. The van der Waals surface area contributed by atoms with Gasteiger partial charge >= 0.3 is 0 Å². The van der Waals surface area contributed by atoms with Crippen LogP contribution in [-0.4, -0.2) is 62.4 Å². The molecule has 0 spiro atoms. The van der Waals surface area contributed by atoms with E-state index >= 15 is 0 Å². The molecule has 2 atom stereocenters. The van der Waals surface area contributed by atoms with Crippen LogP contribution in [0, 0.1) is 6.92 Å². The summed E-state index contributed by atoms with van der Waals surface area (Å²) in [7, 11) is -1.77. The summed E-state index contributed by atoms with van der Waals surface area (Å²) in [4.78, 5) is 7.30. The largest absolute Gasteiger partial charge is 0.491 e. The molecule has 0 fully saturated rings. The fourth-order valence-electron chi connectivity index (χ4n) is 4.26. The van der Waals surface area contributed by atoms with Gasteiger partial charge in [0.05, 0.1) is 22.7 Å². The van der Waals surface area contributed by atoms with Gasteiger partial charge in [0.15, 0.2) is 0 Å². The van der Waals surface area contributed by atoms with Gasteiger partial charge in [-0.3, -0.25) is 4.18 Å². The average Bonchev–Trinajstić information content (AvgIpc) is 2.90. The molecule has 2 aromatic carbocycles. The lowest BCUT2D eigenvalue weighted by Gasteiger charge is -2.29. The number of nitrogens with zero attached hydrogens (tertiary/aromatic N) is 2. The minimum absolute atomic E-state index is 0.0543. The molecule has 1 aromatic heterocycles. The fourth-order valence-corrected chi connectivity index (χ4v) is 5.20. The Morgan fingerprint density at radius 3 is 2.56 bits per heavy atom. The molecule has 36 heavy (non-hydrogen) atoms. The lowest BCUT2D eigenvalue weighted by molar-refractivity contribution is 0.0649. The van der Waals surface area contributed by atoms with E-state index in [9.17, 15) is 13.5 Å². The summed E-state index contributed by atoms with van der Waals surface area (Å²) in [5.74, 6) is 0.551. The van der Waals surface area contributed by atoms with Crippen LogP contribution in [-0.2, 0) is 14.3 Å². The summed E-state index contributed by atoms with van der Waals surface area (Å²) in [6, 6.07) is 16.6. The number of pyridine rings is 1. The Kier molecular flexibility index (Phi) is 8.41. The van der Waals surface area contributed by atoms with E-state index in [-0.39, 0.29) is 11.5 Å². The third kappa shape index (κ3) is 6.50. The summed E-state index contributed by atoms with van der Waals surface area (Å²) >= 11 is 0. The van der Waals surface area contributed by atoms with E-state index in [1.807, 2.05) is 25.1 Å². The molecule has 192 valence electrons. The second-order valence-electron chi connectivity index (χ2n) is 9.30. The van der Waals surface area contributed by atoms with Gasteiger partial charge in [-0.2, -0.15) is 8.42 Å². The predicted molar refractivity (Wildman–Crippen MR) is 141 cm³/mol. The van der Waals surface area contributed by atoms with Crippen LogP contribution in [0.5, 0.6) is 5.75 Å². The van der Waals surface area contributed by atoms with Crippen LogP contribution in [0.2, 0.25) is 0 Å². The van der Waals surface area contributed by atoms with Gasteiger partial charge in [-0.1, -0.05) is 36.8 Å². The molecule has 8 heteroatoms. The number of ether oxygens (including phenoxy) is 1. The Labute approximate surface area is 213 Å². The average molecular weight is 511 g/mol. The van der Waals surface area contributed by atoms with Gasteiger partial charge < -0.3 is 14.7 Å². The second-order valence-corrected chi connectivity index (χ2v) is 10.9. The van der Waals surface area contributed by atoms with Crippen molar-refractivity contribution in [2.24, 2.45) is 0 Å². The number of aliphatic hydroxyl groups is 1. The second kappa shape index (κ2) is 11.5. The van der Waals surface area contributed by atoms with Crippen molar-refractivity contribution >= 4 is 26.6 Å². The highest BCUT2D eigenvalue weighted by molar-refractivity contribution is 7.86. The minimum atomic E-state index is -3.94. The topological polar surface area (TPSA) is 89.0 Å². The van der Waals surface area contributed by atoms with Crippen LogP contribution >= 0.6 is 0 Å². The zero-order valence-electron chi connectivity index (χ0n) is 21.1. The number of hydrogen-bond acceptors (Lipinski definition) is 7. The number of fused-ring (bicyclic) bond motifs is 1. The van der Waals surface area contributed by atoms with Crippen LogP contribution in [0.25, 0.3) is 16.5 Å². The number of aromatic nitrogens is 1. The molecule has 1 unspecified atom stereocenters. The highest BCUT2D eigenvalue weighted by Gasteiger charge is 2.20. The van der Waals surface area contributed by atoms with Gasteiger partial charge in [-0.15, -0.1) is 0 Å². The van der Waals surface area contributed by atoms with Crippen molar-refractivity contribution in [3.8, 4) is 5.75 Å². The van der Waals surface area contributed by atoms with Crippen molar-refractivity contribution in [2.45, 2.75) is 50.2 Å². The summed E-state index contributed by atoms with van der Waals surface area (Å²) in [5.41, 5.74) is 4.01. The van der Waals surface area contributed by atoms with E-state index in [4.69, 9.17) is 13.9 Å². The zero-order valence-corrected chi connectivity index (χ0v) is 21.9. The summed E-state index contributed by atoms with van der Waals surface area (Å²) in [6.45, 7) is 4.61. The highest BCUT2D eigenvalue weighted by atomic mass is 32.2. The van der Waals surface area contributed by atoms with Crippen molar-refractivity contribution in [1.29, 1.82) is 0 Å². The molecule has 7 nitrogen and oxygen atoms in total. The number of hydrogen-bond donors (Lipinski definition) is 1. The summed E-state index contributed by atoms with van der Waals surface area (Å²) < 4.78 is 35.3. The third-order valence-corrected chi connectivity index (χ3v) is 7.96. The highest BCUT2D eigenvalue weighted by Crippen LogP contribution is 2.30. The molecule has 1 N–H and O–H groups in total. The molecule has 0 radical (unpaired) electrons. The molecule has 4 rings (SSSR count). The molecule has 0 aliphatic heterocycles. The van der Waals surface area contributed by atoms with E-state index < -0.39 is 22.8 Å². The van der Waals surface area contributed by atoms with E-state index in [1.54, 1.807) is 12.1 Å². The van der Waals surface area contributed by atoms with E-state index in [0.29, 0.717) is 11.8 Å². The maximum absolute atomic E-state index is 12.3. The fraction of sp³-hybridized carbons (Fsp3) is 0.393. The number of allylic oxidation sites excluding steroid dienone is 1. The molecule has 0 amide bonds. The van der Waals surface area contributed by atoms with Crippen molar-refractivity contribution in [3.63, 3.8) is 0 Å². The maximum atomic E-state index is 12.3. The molecule has 0 saturated heterocycles. The normalized spacial score (nSPS) is 17.2. The Morgan fingerprint density at radius 1 is 1.11 bits per heavy atom. The summed E-state index contributed by atoms with van der Waals surface area (Å²) in [6.07, 6.45) is 4.35. The SMILES string of the molecule is CCN(C)[C@H]1CC=C(c2ccc3ccc(OCC(O)COS(=O)(=O)c4ccc(C)cc4)cc3n2)CC1. The molecule has 1 aliphatic rings. The number of aryl methyl sites for hydroxylation is 1. The van der Waals surface area contributed by atoms with Crippen molar-refractivity contribution < 1.29 is 22.4 Å². The minimum Gasteiger partial charge on any atom is -0.491 e. The van der Waals surface area contributed by atoms with Gasteiger partial charge in [0.25, 0.3) is 10.1 Å². The predicted octanol–water partition coefficient (Wildman–Crippen LogP) is 4.58. The molecule has 0 saturated carbocycles. The standard InChI is InChI=1S/C28H34N2O5S/c1-4-30(3)23-11-7-21(8-12-23)27-16-10-22-9-13-25(17-28(22)29-27)34-18-24(31)19-35-36(32,33)26-14-5-20(2)6-15-26/h5-7,9-10,13-17,23-24,31H,4,8,11-12,18-19H2,1-3H3/t23-,24?/m0/s1. The summed E-state index contributed by atoms with van der Waals surface area (Å²) in [5, 5.41) is 11.2. The van der Waals surface area contributed by atoms with Crippen LogP contribution in [0.3, 0.4) is 0 Å². The molecule has 0 bridgehead atoms. The Hall–Kier alpha value is -2.78. The first-order valence-electron chi connectivity index (χ1n) is 12.3. The van der Waals surface area contributed by atoms with Crippen molar-refractivity contribution in [2.75, 3.05) is 26.8 Å². The first-order chi connectivity index (χ1) is 17.2. The van der Waals surface area contributed by atoms with Crippen LogP contribution < -0.4 is 4.74 Å². The molecular weight excluding hydrogens is 476 g/mol. The first-order valence-corrected chi connectivity index (χ1v) is 13.7. The third-order valence-electron chi connectivity index (χ3n) is 6.67. The van der Waals surface area contributed by atoms with E-state index in [1.165, 1.54) is 17.7 Å². The number of benzene rings is 2. The zero-order chi connectivity index (χ0) is 25.7. The van der Waals surface area contributed by atoms with Gasteiger partial charge in [0, 0.05) is 17.5 Å². The van der Waals surface area contributed by atoms with E-state index in [0.717, 1.165) is 48.0 Å². The lowest BCUT2D eigenvalue weighted by Crippen LogP contribution is -2.32. The Balaban J connectivity index is 1.36. The number of aliphatic hydroxyl groups excluding tert-OH is 1. The van der Waals surface area contributed by atoms with Crippen LogP contribution in [0.4, 0.5) is 0 Å². The van der Waals surface area contributed by atoms with E-state index in [2.05, 4.69) is 37.1 Å². The monoisotopic (exact) mass is 510 g/mol. The van der Waals surface area contributed by atoms with Gasteiger partial charge in [-0.05, 0) is 75.7 Å². The Bertz CT molecular complexity index is 1320. The smallest absolute Gasteiger partial charge is 0.297 e. The Morgan fingerprint density at radius 2 is 1.86 bits per heavy atom. The molecule has 3 aromatic rings. The molecule has 1 aliphatic carbocycles. The van der Waals surface area contributed by atoms with Gasteiger partial charge in [0.2, 0.25) is 0 Å². The van der Waals surface area contributed by atoms with Crippen molar-refractivity contribution in [3.05, 3.63) is 71.9 Å². The van der Waals surface area contributed by atoms with Gasteiger partial charge in [0.1, 0.15) is 18.5 Å². The molecular formula is C28H34N2O5S. The maximum Gasteiger partial charge on any atom is 0.297 e. The first kappa shape index (κ1) is 26.3. The number of rotatable bonds is 10. The van der Waals surface area contributed by atoms with Crippen LogP contribution in [0.1, 0.15) is 37.4 Å². The van der Waals surface area contributed by atoms with Gasteiger partial charge in [-0.25, -0.2) is 4.98 Å². The lowest BCUT2D eigenvalue weighted by atomic mass is 9.92.